The van der Waals surface area contributed by atoms with Crippen molar-refractivity contribution >= 4 is 37.1 Å². The van der Waals surface area contributed by atoms with Gasteiger partial charge in [-0.1, -0.05) is 180 Å². The van der Waals surface area contributed by atoms with Crippen molar-refractivity contribution in [2.45, 2.75) is 105 Å². The summed E-state index contributed by atoms with van der Waals surface area (Å²) in [7, 11) is -1.19. The number of hydrogen-bond acceptors (Lipinski definition) is 0. The van der Waals surface area contributed by atoms with Crippen LogP contribution in [0.25, 0.3) is 0 Å². The summed E-state index contributed by atoms with van der Waals surface area (Å²) >= 11 is 0. The molecule has 0 heterocycles. The number of benzene rings is 4. The van der Waals surface area contributed by atoms with Crippen LogP contribution < -0.4 is 21.2 Å². The maximum Gasteiger partial charge on any atom is -0.0125 e. The summed E-state index contributed by atoms with van der Waals surface area (Å²) in [5.41, 5.74) is 6.28. The molecule has 2 heteroatoms. The smallest absolute Gasteiger partial charge is 0.0125 e. The zero-order valence-corrected chi connectivity index (χ0v) is 31.3. The molecule has 4 rings (SSSR count). The van der Waals surface area contributed by atoms with Crippen molar-refractivity contribution in [2.24, 2.45) is 0 Å². The fourth-order valence-corrected chi connectivity index (χ4v) is 13.3. The lowest BCUT2D eigenvalue weighted by Gasteiger charge is -2.35. The zero-order valence-electron chi connectivity index (χ0n) is 29.5. The van der Waals surface area contributed by atoms with Crippen LogP contribution in [0.3, 0.4) is 0 Å². The van der Waals surface area contributed by atoms with Crippen molar-refractivity contribution in [1.82, 2.24) is 0 Å². The van der Waals surface area contributed by atoms with E-state index in [0.29, 0.717) is 0 Å². The Morgan fingerprint density at radius 1 is 0.318 bits per heavy atom. The molecule has 4 aromatic carbocycles. The van der Waals surface area contributed by atoms with E-state index in [-0.39, 0.29) is 21.7 Å². The fourth-order valence-electron chi connectivity index (χ4n) is 6.31. The van der Waals surface area contributed by atoms with Gasteiger partial charge < -0.3 is 0 Å². The minimum absolute atomic E-state index is 0.0796. The van der Waals surface area contributed by atoms with Crippen LogP contribution in [-0.2, 0) is 21.7 Å². The molecule has 0 saturated carbocycles. The highest BCUT2D eigenvalue weighted by Crippen LogP contribution is 2.47. The molecular formula is C42H56P2. The van der Waals surface area contributed by atoms with Gasteiger partial charge in [-0.2, -0.15) is 0 Å². The van der Waals surface area contributed by atoms with Crippen LogP contribution in [0.15, 0.2) is 97.1 Å². The SMILES string of the molecule is CC(C)(C)c1ccccc1P(CCP(c1ccccc1C(C)(C)C)c1ccccc1C(C)(C)C)c1ccccc1C(C)(C)C. The normalized spacial score (nSPS) is 13.1. The Morgan fingerprint density at radius 3 is 0.682 bits per heavy atom. The standard InChI is InChI=1S/C42H56P2/c1-39(2,3)31-21-13-17-25-35(31)43(36-26-18-14-22-32(36)40(4,5)6)29-30-44(37-27-19-15-23-33(37)41(7,8)9)38-28-20-16-24-34(38)42(10,11)12/h13-28H,29-30H2,1-12H3. The summed E-state index contributed by atoms with van der Waals surface area (Å²) in [6.07, 6.45) is 2.33. The first-order valence-corrected chi connectivity index (χ1v) is 19.4. The second-order valence-corrected chi connectivity index (χ2v) is 20.9. The van der Waals surface area contributed by atoms with Gasteiger partial charge in [0.2, 0.25) is 0 Å². The number of rotatable bonds is 7. The molecule has 0 fully saturated rings. The third kappa shape index (κ3) is 7.93. The first-order valence-electron chi connectivity index (χ1n) is 16.3. The highest BCUT2D eigenvalue weighted by molar-refractivity contribution is 7.76. The lowest BCUT2D eigenvalue weighted by atomic mass is 9.87. The van der Waals surface area contributed by atoms with Gasteiger partial charge in [-0.15, -0.1) is 0 Å². The van der Waals surface area contributed by atoms with Crippen LogP contribution in [0.1, 0.15) is 105 Å². The molecule has 0 unspecified atom stereocenters. The Balaban J connectivity index is 1.96. The second kappa shape index (κ2) is 13.2. The Morgan fingerprint density at radius 2 is 0.500 bits per heavy atom. The Bertz CT molecular complexity index is 1320. The molecule has 0 radical (unpaired) electrons. The van der Waals surface area contributed by atoms with Gasteiger partial charge in [0.05, 0.1) is 0 Å². The third-order valence-corrected chi connectivity index (χ3v) is 14.1. The molecule has 44 heavy (non-hydrogen) atoms. The van der Waals surface area contributed by atoms with Crippen molar-refractivity contribution in [3.05, 3.63) is 119 Å². The van der Waals surface area contributed by atoms with Crippen molar-refractivity contribution in [2.75, 3.05) is 12.3 Å². The first kappa shape index (κ1) is 34.6. The van der Waals surface area contributed by atoms with Crippen LogP contribution in [0.5, 0.6) is 0 Å². The summed E-state index contributed by atoms with van der Waals surface area (Å²) in [6, 6.07) is 37.3. The molecule has 0 aliphatic carbocycles. The van der Waals surface area contributed by atoms with E-state index in [9.17, 15) is 0 Å². The average Bonchev–Trinajstić information content (AvgIpc) is 2.94. The van der Waals surface area contributed by atoms with Gasteiger partial charge >= 0.3 is 0 Å². The molecule has 0 N–H and O–H groups in total. The largest absolute Gasteiger partial charge is 0.0619 e. The van der Waals surface area contributed by atoms with Gasteiger partial charge in [0.1, 0.15) is 0 Å². The first-order chi connectivity index (χ1) is 20.4. The highest BCUT2D eigenvalue weighted by atomic mass is 31.1. The zero-order chi connectivity index (χ0) is 32.5. The second-order valence-electron chi connectivity index (χ2n) is 16.4. The predicted molar refractivity (Wildman–Crippen MR) is 203 cm³/mol. The van der Waals surface area contributed by atoms with Gasteiger partial charge in [-0.05, 0) is 93.3 Å². The Hall–Kier alpha value is -2.26. The quantitative estimate of drug-likeness (QED) is 0.180. The van der Waals surface area contributed by atoms with Crippen LogP contribution in [0, 0.1) is 0 Å². The maximum absolute atomic E-state index is 2.44. The molecule has 4 aromatic rings. The van der Waals surface area contributed by atoms with Crippen molar-refractivity contribution in [3.8, 4) is 0 Å². The molecule has 0 bridgehead atoms. The molecule has 0 nitrogen and oxygen atoms in total. The van der Waals surface area contributed by atoms with Crippen LogP contribution in [0.2, 0.25) is 0 Å². The summed E-state index contributed by atoms with van der Waals surface area (Å²) in [5.74, 6) is 0. The maximum atomic E-state index is 2.44. The van der Waals surface area contributed by atoms with E-state index in [1.54, 1.807) is 21.2 Å². The van der Waals surface area contributed by atoms with Gasteiger partial charge in [0.15, 0.2) is 0 Å². The van der Waals surface area contributed by atoms with E-state index in [4.69, 9.17) is 0 Å². The van der Waals surface area contributed by atoms with E-state index in [1.165, 1.54) is 22.3 Å². The average molecular weight is 623 g/mol. The molecule has 0 aliphatic rings. The van der Waals surface area contributed by atoms with Crippen LogP contribution in [0.4, 0.5) is 0 Å². The highest BCUT2D eigenvalue weighted by Gasteiger charge is 2.32. The summed E-state index contributed by atoms with van der Waals surface area (Å²) in [6.45, 7) is 28.5. The fraction of sp³-hybridized carbons (Fsp3) is 0.429. The minimum Gasteiger partial charge on any atom is -0.0619 e. The molecule has 0 aromatic heterocycles. The van der Waals surface area contributed by atoms with Crippen molar-refractivity contribution < 1.29 is 0 Å². The monoisotopic (exact) mass is 622 g/mol. The van der Waals surface area contributed by atoms with E-state index >= 15 is 0 Å². The molecular weight excluding hydrogens is 566 g/mol. The van der Waals surface area contributed by atoms with Gasteiger partial charge in [0.25, 0.3) is 0 Å². The van der Waals surface area contributed by atoms with Gasteiger partial charge in [0, 0.05) is 0 Å². The minimum atomic E-state index is -0.594. The summed E-state index contributed by atoms with van der Waals surface area (Å²) in [4.78, 5) is 0. The Labute approximate surface area is 272 Å². The lowest BCUT2D eigenvalue weighted by molar-refractivity contribution is 0.592. The summed E-state index contributed by atoms with van der Waals surface area (Å²) in [5, 5.41) is 6.20. The molecule has 0 saturated heterocycles. The van der Waals surface area contributed by atoms with E-state index in [0.717, 1.165) is 12.3 Å². The van der Waals surface area contributed by atoms with E-state index < -0.39 is 15.8 Å². The van der Waals surface area contributed by atoms with Crippen molar-refractivity contribution in [1.29, 1.82) is 0 Å². The van der Waals surface area contributed by atoms with Gasteiger partial charge in [-0.3, -0.25) is 0 Å². The molecule has 0 amide bonds. The predicted octanol–water partition coefficient (Wildman–Crippen LogP) is 10.4. The Kier molecular flexibility index (Phi) is 10.4. The lowest BCUT2D eigenvalue weighted by Crippen LogP contribution is -2.32. The summed E-state index contributed by atoms with van der Waals surface area (Å²) < 4.78 is 0. The van der Waals surface area contributed by atoms with Crippen LogP contribution >= 0.6 is 15.8 Å². The van der Waals surface area contributed by atoms with E-state index in [1.807, 2.05) is 0 Å². The van der Waals surface area contributed by atoms with E-state index in [2.05, 4.69) is 180 Å². The molecule has 234 valence electrons. The van der Waals surface area contributed by atoms with Crippen molar-refractivity contribution in [3.63, 3.8) is 0 Å². The molecule has 0 spiro atoms. The topological polar surface area (TPSA) is 0 Å². The third-order valence-electron chi connectivity index (χ3n) is 8.56. The number of hydrogen-bond donors (Lipinski definition) is 0. The van der Waals surface area contributed by atoms with Crippen LogP contribution in [-0.4, -0.2) is 12.3 Å². The molecule has 0 atom stereocenters. The van der Waals surface area contributed by atoms with Gasteiger partial charge in [-0.25, -0.2) is 0 Å². The molecule has 0 aliphatic heterocycles.